The smallest absolute Gasteiger partial charge is 0.341 e. The van der Waals surface area contributed by atoms with Crippen LogP contribution < -0.4 is 14.9 Å². The minimum Gasteiger partial charge on any atom is -0.484 e. The second-order valence-electron chi connectivity index (χ2n) is 6.08. The van der Waals surface area contributed by atoms with Gasteiger partial charge >= 0.3 is 5.97 Å². The number of carbonyl (C=O) groups is 2. The molecule has 0 saturated carbocycles. The standard InChI is InChI=1S/C21H24N2O5/c1-2-3-4-16-5-9-18(10-6-16)27-14-20(24)23-22-13-17-7-11-19(12-8-17)28-15-21(25)26/h5-13H,2-4,14-15H2,1H3,(H,23,24)(H,25,26). The number of hydrazone groups is 1. The van der Waals surface area contributed by atoms with Gasteiger partial charge in [-0.25, -0.2) is 10.2 Å². The highest BCUT2D eigenvalue weighted by molar-refractivity contribution is 5.83. The molecular weight excluding hydrogens is 360 g/mol. The van der Waals surface area contributed by atoms with E-state index in [1.165, 1.54) is 11.8 Å². The first-order valence-electron chi connectivity index (χ1n) is 9.05. The van der Waals surface area contributed by atoms with Crippen LogP contribution in [0.15, 0.2) is 53.6 Å². The molecule has 1 amide bonds. The summed E-state index contributed by atoms with van der Waals surface area (Å²) in [5.41, 5.74) is 4.37. The quantitative estimate of drug-likeness (QED) is 0.458. The van der Waals surface area contributed by atoms with Crippen LogP contribution in [0.25, 0.3) is 0 Å². The van der Waals surface area contributed by atoms with Crippen molar-refractivity contribution in [1.29, 1.82) is 0 Å². The minimum atomic E-state index is -1.04. The molecule has 0 aliphatic heterocycles. The Labute approximate surface area is 164 Å². The normalized spacial score (nSPS) is 10.6. The zero-order valence-electron chi connectivity index (χ0n) is 15.8. The average molecular weight is 384 g/mol. The molecular formula is C21H24N2O5. The maximum Gasteiger partial charge on any atom is 0.341 e. The summed E-state index contributed by atoms with van der Waals surface area (Å²) in [6.07, 6.45) is 4.82. The number of amides is 1. The number of nitrogens with zero attached hydrogens (tertiary/aromatic N) is 1. The van der Waals surface area contributed by atoms with Crippen molar-refractivity contribution >= 4 is 18.1 Å². The summed E-state index contributed by atoms with van der Waals surface area (Å²) in [6, 6.07) is 14.4. The molecule has 28 heavy (non-hydrogen) atoms. The van der Waals surface area contributed by atoms with E-state index in [1.807, 2.05) is 24.3 Å². The predicted octanol–water partition coefficient (Wildman–Crippen LogP) is 3.02. The Balaban J connectivity index is 1.72. The first kappa shape index (κ1) is 21.0. The van der Waals surface area contributed by atoms with E-state index in [4.69, 9.17) is 14.6 Å². The van der Waals surface area contributed by atoms with Gasteiger partial charge in [-0.05, 0) is 60.4 Å². The van der Waals surface area contributed by atoms with Crippen LogP contribution in [0.1, 0.15) is 30.9 Å². The summed E-state index contributed by atoms with van der Waals surface area (Å²) in [5, 5.41) is 12.4. The maximum absolute atomic E-state index is 11.8. The van der Waals surface area contributed by atoms with Crippen molar-refractivity contribution in [3.05, 3.63) is 59.7 Å². The number of rotatable bonds is 11. The third kappa shape index (κ3) is 7.90. The topological polar surface area (TPSA) is 97.2 Å². The minimum absolute atomic E-state index is 0.131. The van der Waals surface area contributed by atoms with Crippen LogP contribution >= 0.6 is 0 Å². The molecule has 148 valence electrons. The van der Waals surface area contributed by atoms with Gasteiger partial charge in [-0.15, -0.1) is 0 Å². The van der Waals surface area contributed by atoms with Crippen LogP contribution in [0, 0.1) is 0 Å². The Kier molecular flexibility index (Phi) is 8.52. The zero-order chi connectivity index (χ0) is 20.2. The number of aryl methyl sites for hydroxylation is 1. The van der Waals surface area contributed by atoms with Crippen molar-refractivity contribution in [2.45, 2.75) is 26.2 Å². The van der Waals surface area contributed by atoms with Crippen LogP contribution in [-0.2, 0) is 16.0 Å². The lowest BCUT2D eigenvalue weighted by molar-refractivity contribution is -0.139. The number of unbranched alkanes of at least 4 members (excludes halogenated alkanes) is 1. The second kappa shape index (κ2) is 11.4. The van der Waals surface area contributed by atoms with Gasteiger partial charge in [-0.3, -0.25) is 4.79 Å². The highest BCUT2D eigenvalue weighted by Crippen LogP contribution is 2.14. The molecule has 2 rings (SSSR count). The summed E-state index contributed by atoms with van der Waals surface area (Å²) in [4.78, 5) is 22.2. The lowest BCUT2D eigenvalue weighted by atomic mass is 10.1. The van der Waals surface area contributed by atoms with Crippen molar-refractivity contribution in [1.82, 2.24) is 5.43 Å². The zero-order valence-corrected chi connectivity index (χ0v) is 15.8. The molecule has 0 fully saturated rings. The highest BCUT2D eigenvalue weighted by atomic mass is 16.5. The second-order valence-corrected chi connectivity index (χ2v) is 6.08. The summed E-state index contributed by atoms with van der Waals surface area (Å²) in [5.74, 6) is -0.329. The van der Waals surface area contributed by atoms with Crippen LogP contribution in [0.2, 0.25) is 0 Å². The fraction of sp³-hybridized carbons (Fsp3) is 0.286. The summed E-state index contributed by atoms with van der Waals surface area (Å²) >= 11 is 0. The van der Waals surface area contributed by atoms with Crippen molar-refractivity contribution in [3.8, 4) is 11.5 Å². The first-order valence-corrected chi connectivity index (χ1v) is 9.05. The Morgan fingerprint density at radius 1 is 1.00 bits per heavy atom. The maximum atomic E-state index is 11.8. The van der Waals surface area contributed by atoms with E-state index in [-0.39, 0.29) is 12.5 Å². The summed E-state index contributed by atoms with van der Waals surface area (Å²) < 4.78 is 10.5. The molecule has 0 aromatic heterocycles. The van der Waals surface area contributed by atoms with Gasteiger partial charge in [-0.2, -0.15) is 5.10 Å². The molecule has 0 radical (unpaired) electrons. The van der Waals surface area contributed by atoms with E-state index in [9.17, 15) is 9.59 Å². The molecule has 0 aliphatic rings. The van der Waals surface area contributed by atoms with Crippen LogP contribution in [0.5, 0.6) is 11.5 Å². The SMILES string of the molecule is CCCCc1ccc(OCC(=O)NN=Cc2ccc(OCC(=O)O)cc2)cc1. The molecule has 2 N–H and O–H groups in total. The average Bonchev–Trinajstić information content (AvgIpc) is 2.71. The molecule has 0 saturated heterocycles. The molecule has 0 heterocycles. The highest BCUT2D eigenvalue weighted by Gasteiger charge is 2.02. The Morgan fingerprint density at radius 3 is 2.21 bits per heavy atom. The van der Waals surface area contributed by atoms with Gasteiger partial charge in [0.2, 0.25) is 0 Å². The third-order valence-corrected chi connectivity index (χ3v) is 3.76. The molecule has 0 atom stereocenters. The van der Waals surface area contributed by atoms with Gasteiger partial charge in [0.1, 0.15) is 11.5 Å². The van der Waals surface area contributed by atoms with Gasteiger partial charge in [0, 0.05) is 0 Å². The first-order chi connectivity index (χ1) is 13.6. The van der Waals surface area contributed by atoms with E-state index in [2.05, 4.69) is 17.5 Å². The largest absolute Gasteiger partial charge is 0.484 e. The molecule has 2 aromatic rings. The van der Waals surface area contributed by atoms with E-state index in [0.29, 0.717) is 11.5 Å². The molecule has 7 heteroatoms. The van der Waals surface area contributed by atoms with Crippen molar-refractivity contribution in [2.75, 3.05) is 13.2 Å². The number of benzene rings is 2. The fourth-order valence-corrected chi connectivity index (χ4v) is 2.29. The lowest BCUT2D eigenvalue weighted by Crippen LogP contribution is -2.24. The predicted molar refractivity (Wildman–Crippen MR) is 106 cm³/mol. The molecule has 0 bridgehead atoms. The van der Waals surface area contributed by atoms with Gasteiger partial charge in [0.05, 0.1) is 6.21 Å². The molecule has 7 nitrogen and oxygen atoms in total. The lowest BCUT2D eigenvalue weighted by Gasteiger charge is -2.06. The van der Waals surface area contributed by atoms with Gasteiger partial charge in [-0.1, -0.05) is 25.5 Å². The summed E-state index contributed by atoms with van der Waals surface area (Å²) in [6.45, 7) is 1.63. The Bertz CT molecular complexity index is 785. The molecule has 0 aliphatic carbocycles. The van der Waals surface area contributed by atoms with E-state index < -0.39 is 12.6 Å². The van der Waals surface area contributed by atoms with Crippen molar-refractivity contribution in [2.24, 2.45) is 5.10 Å². The number of ether oxygens (including phenoxy) is 2. The van der Waals surface area contributed by atoms with E-state index in [0.717, 1.165) is 24.8 Å². The van der Waals surface area contributed by atoms with Crippen LogP contribution in [0.3, 0.4) is 0 Å². The monoisotopic (exact) mass is 384 g/mol. The summed E-state index contributed by atoms with van der Waals surface area (Å²) in [7, 11) is 0. The van der Waals surface area contributed by atoms with Gasteiger partial charge in [0.25, 0.3) is 5.91 Å². The number of carboxylic acid groups (broad SMARTS) is 1. The number of carboxylic acids is 1. The third-order valence-electron chi connectivity index (χ3n) is 3.76. The number of hydrogen-bond acceptors (Lipinski definition) is 5. The van der Waals surface area contributed by atoms with Crippen LogP contribution in [-0.4, -0.2) is 36.4 Å². The molecule has 0 spiro atoms. The van der Waals surface area contributed by atoms with E-state index >= 15 is 0 Å². The Morgan fingerprint density at radius 2 is 1.61 bits per heavy atom. The van der Waals surface area contributed by atoms with Gasteiger partial charge in [0.15, 0.2) is 13.2 Å². The van der Waals surface area contributed by atoms with E-state index in [1.54, 1.807) is 24.3 Å². The fourth-order valence-electron chi connectivity index (χ4n) is 2.29. The number of hydrogen-bond donors (Lipinski definition) is 2. The molecule has 0 unspecified atom stereocenters. The van der Waals surface area contributed by atoms with Gasteiger partial charge < -0.3 is 14.6 Å². The van der Waals surface area contributed by atoms with Crippen LogP contribution in [0.4, 0.5) is 0 Å². The number of nitrogens with one attached hydrogen (secondary N) is 1. The molecule has 2 aromatic carbocycles. The number of carbonyl (C=O) groups excluding carboxylic acids is 1. The number of aliphatic carboxylic acids is 1. The Hall–Kier alpha value is -3.35. The van der Waals surface area contributed by atoms with Crippen molar-refractivity contribution < 1.29 is 24.2 Å². The van der Waals surface area contributed by atoms with Crippen molar-refractivity contribution in [3.63, 3.8) is 0 Å².